The average molecular weight is 362 g/mol. The molecule has 1 aromatic carbocycles. The zero-order chi connectivity index (χ0) is 18.2. The lowest BCUT2D eigenvalue weighted by molar-refractivity contribution is -0.128. The molecular weight excluding hydrogens is 336 g/mol. The van der Waals surface area contributed by atoms with Gasteiger partial charge in [-0.15, -0.1) is 0 Å². The summed E-state index contributed by atoms with van der Waals surface area (Å²) in [7, 11) is 0. The Morgan fingerprint density at radius 2 is 1.92 bits per heavy atom. The molecule has 2 aliphatic rings. The molecule has 142 valence electrons. The van der Waals surface area contributed by atoms with E-state index in [-0.39, 0.29) is 11.8 Å². The van der Waals surface area contributed by atoms with Crippen LogP contribution in [-0.4, -0.2) is 81.9 Å². The summed E-state index contributed by atoms with van der Waals surface area (Å²) < 4.78 is 10.7. The van der Waals surface area contributed by atoms with Crippen molar-refractivity contribution in [3.8, 4) is 0 Å². The summed E-state index contributed by atoms with van der Waals surface area (Å²) in [6.45, 7) is 6.54. The van der Waals surface area contributed by atoms with E-state index in [2.05, 4.69) is 20.9 Å². The summed E-state index contributed by atoms with van der Waals surface area (Å²) in [4.78, 5) is 26.6. The van der Waals surface area contributed by atoms with Gasteiger partial charge in [0.1, 0.15) is 6.10 Å². The molecule has 1 aromatic rings. The highest BCUT2D eigenvalue weighted by Crippen LogP contribution is 2.11. The van der Waals surface area contributed by atoms with Crippen molar-refractivity contribution in [3.63, 3.8) is 0 Å². The van der Waals surface area contributed by atoms with Crippen molar-refractivity contribution in [2.75, 3.05) is 64.4 Å². The van der Waals surface area contributed by atoms with E-state index in [0.29, 0.717) is 30.9 Å². The van der Waals surface area contributed by atoms with Crippen LogP contribution >= 0.6 is 0 Å². The first kappa shape index (κ1) is 18.8. The Morgan fingerprint density at radius 1 is 1.15 bits per heavy atom. The average Bonchev–Trinajstić information content (AvgIpc) is 2.70. The van der Waals surface area contributed by atoms with Gasteiger partial charge in [-0.3, -0.25) is 14.5 Å². The molecule has 2 amide bonds. The number of nitrogens with zero attached hydrogens (tertiary/aromatic N) is 1. The molecular formula is C18H26N4O4. The van der Waals surface area contributed by atoms with Gasteiger partial charge >= 0.3 is 0 Å². The van der Waals surface area contributed by atoms with Crippen molar-refractivity contribution in [2.45, 2.75) is 6.10 Å². The second-order valence-corrected chi connectivity index (χ2v) is 6.34. The number of ether oxygens (including phenoxy) is 2. The molecule has 2 saturated heterocycles. The lowest BCUT2D eigenvalue weighted by Crippen LogP contribution is -2.45. The molecule has 2 aliphatic heterocycles. The van der Waals surface area contributed by atoms with Gasteiger partial charge in [0, 0.05) is 50.5 Å². The number of amides is 2. The molecule has 1 atom stereocenters. The van der Waals surface area contributed by atoms with E-state index in [9.17, 15) is 9.59 Å². The fourth-order valence-electron chi connectivity index (χ4n) is 2.92. The summed E-state index contributed by atoms with van der Waals surface area (Å²) >= 11 is 0. The third kappa shape index (κ3) is 5.50. The Hall–Kier alpha value is -2.00. The minimum atomic E-state index is -0.480. The van der Waals surface area contributed by atoms with Crippen LogP contribution in [0.15, 0.2) is 24.3 Å². The molecule has 3 N–H and O–H groups in total. The molecule has 2 fully saturated rings. The number of hydrogen-bond acceptors (Lipinski definition) is 6. The molecule has 2 heterocycles. The quantitative estimate of drug-likeness (QED) is 0.642. The predicted octanol–water partition coefficient (Wildman–Crippen LogP) is -0.324. The summed E-state index contributed by atoms with van der Waals surface area (Å²) in [5.74, 6) is -0.295. The van der Waals surface area contributed by atoms with Crippen LogP contribution in [0.25, 0.3) is 0 Å². The highest BCUT2D eigenvalue weighted by Gasteiger charge is 2.21. The molecule has 3 rings (SSSR count). The normalized spacial score (nSPS) is 21.2. The van der Waals surface area contributed by atoms with E-state index >= 15 is 0 Å². The Balaban J connectivity index is 1.42. The van der Waals surface area contributed by atoms with Crippen LogP contribution in [0.4, 0.5) is 5.69 Å². The number of anilines is 1. The summed E-state index contributed by atoms with van der Waals surface area (Å²) in [6.07, 6.45) is -0.480. The summed E-state index contributed by atoms with van der Waals surface area (Å²) in [5.41, 5.74) is 1.22. The minimum absolute atomic E-state index is 0.115. The Morgan fingerprint density at radius 3 is 2.62 bits per heavy atom. The van der Waals surface area contributed by atoms with Gasteiger partial charge in [0.25, 0.3) is 11.8 Å². The van der Waals surface area contributed by atoms with Crippen LogP contribution in [0.5, 0.6) is 0 Å². The molecule has 8 nitrogen and oxygen atoms in total. The molecule has 0 aromatic heterocycles. The second kappa shape index (κ2) is 9.63. The number of carbonyl (C=O) groups excluding carboxylic acids is 2. The van der Waals surface area contributed by atoms with Gasteiger partial charge < -0.3 is 25.4 Å². The fraction of sp³-hybridized carbons (Fsp3) is 0.556. The van der Waals surface area contributed by atoms with Gasteiger partial charge in [0.15, 0.2) is 0 Å². The standard InChI is InChI=1S/C18H26N4O4/c23-17(20-5-7-22-8-11-25-12-9-22)14-1-3-15(4-2-14)21-18(24)16-13-19-6-10-26-16/h1-4,16,19H,5-13H2,(H,20,23)(H,21,24). The lowest BCUT2D eigenvalue weighted by Gasteiger charge is -2.26. The van der Waals surface area contributed by atoms with E-state index in [1.54, 1.807) is 24.3 Å². The zero-order valence-corrected chi connectivity index (χ0v) is 14.8. The molecule has 1 unspecified atom stereocenters. The van der Waals surface area contributed by atoms with Crippen molar-refractivity contribution in [1.82, 2.24) is 15.5 Å². The van der Waals surface area contributed by atoms with Crippen LogP contribution in [0.3, 0.4) is 0 Å². The molecule has 0 bridgehead atoms. The first-order valence-electron chi connectivity index (χ1n) is 9.04. The molecule has 26 heavy (non-hydrogen) atoms. The molecule has 0 aliphatic carbocycles. The Labute approximate surface area is 153 Å². The minimum Gasteiger partial charge on any atom is -0.379 e. The van der Waals surface area contributed by atoms with Crippen molar-refractivity contribution in [2.24, 2.45) is 0 Å². The third-order valence-corrected chi connectivity index (χ3v) is 4.45. The first-order chi connectivity index (χ1) is 12.7. The Kier molecular flexibility index (Phi) is 6.96. The largest absolute Gasteiger partial charge is 0.379 e. The van der Waals surface area contributed by atoms with Crippen LogP contribution in [0.2, 0.25) is 0 Å². The topological polar surface area (TPSA) is 91.9 Å². The van der Waals surface area contributed by atoms with Gasteiger partial charge in [-0.05, 0) is 24.3 Å². The molecule has 0 saturated carbocycles. The maximum Gasteiger partial charge on any atom is 0.254 e. The number of morpholine rings is 2. The van der Waals surface area contributed by atoms with E-state index in [1.165, 1.54) is 0 Å². The smallest absolute Gasteiger partial charge is 0.254 e. The van der Waals surface area contributed by atoms with Gasteiger partial charge in [0.2, 0.25) is 0 Å². The monoisotopic (exact) mass is 362 g/mol. The van der Waals surface area contributed by atoms with E-state index < -0.39 is 6.10 Å². The van der Waals surface area contributed by atoms with E-state index in [0.717, 1.165) is 39.4 Å². The van der Waals surface area contributed by atoms with Gasteiger partial charge in [-0.1, -0.05) is 0 Å². The number of hydrogen-bond donors (Lipinski definition) is 3. The van der Waals surface area contributed by atoms with Crippen LogP contribution in [-0.2, 0) is 14.3 Å². The van der Waals surface area contributed by atoms with Crippen LogP contribution in [0.1, 0.15) is 10.4 Å². The Bertz CT molecular complexity index is 596. The number of rotatable bonds is 6. The van der Waals surface area contributed by atoms with Gasteiger partial charge in [-0.2, -0.15) is 0 Å². The second-order valence-electron chi connectivity index (χ2n) is 6.34. The van der Waals surface area contributed by atoms with Crippen molar-refractivity contribution >= 4 is 17.5 Å². The summed E-state index contributed by atoms with van der Waals surface area (Å²) in [5, 5.41) is 8.85. The zero-order valence-electron chi connectivity index (χ0n) is 14.8. The van der Waals surface area contributed by atoms with E-state index in [1.807, 2.05) is 0 Å². The van der Waals surface area contributed by atoms with Gasteiger partial charge in [-0.25, -0.2) is 0 Å². The lowest BCUT2D eigenvalue weighted by atomic mass is 10.2. The SMILES string of the molecule is O=C(NCCN1CCOCC1)c1ccc(NC(=O)C2CNCCO2)cc1. The highest BCUT2D eigenvalue weighted by molar-refractivity contribution is 5.97. The molecule has 0 radical (unpaired) electrons. The van der Waals surface area contributed by atoms with Gasteiger partial charge in [0.05, 0.1) is 19.8 Å². The van der Waals surface area contributed by atoms with E-state index in [4.69, 9.17) is 9.47 Å². The van der Waals surface area contributed by atoms with Crippen molar-refractivity contribution in [1.29, 1.82) is 0 Å². The highest BCUT2D eigenvalue weighted by atomic mass is 16.5. The number of benzene rings is 1. The molecule has 0 spiro atoms. The molecule has 8 heteroatoms. The van der Waals surface area contributed by atoms with Crippen LogP contribution in [0, 0.1) is 0 Å². The third-order valence-electron chi connectivity index (χ3n) is 4.45. The first-order valence-corrected chi connectivity index (χ1v) is 9.04. The summed E-state index contributed by atoms with van der Waals surface area (Å²) in [6, 6.07) is 6.87. The predicted molar refractivity (Wildman–Crippen MR) is 97.3 cm³/mol. The number of carbonyl (C=O) groups is 2. The maximum atomic E-state index is 12.2. The van der Waals surface area contributed by atoms with Crippen molar-refractivity contribution in [3.05, 3.63) is 29.8 Å². The fourth-order valence-corrected chi connectivity index (χ4v) is 2.92. The maximum absolute atomic E-state index is 12.2. The van der Waals surface area contributed by atoms with Crippen LogP contribution < -0.4 is 16.0 Å². The van der Waals surface area contributed by atoms with Crippen molar-refractivity contribution < 1.29 is 19.1 Å². The number of nitrogens with one attached hydrogen (secondary N) is 3.